The second-order valence-electron chi connectivity index (χ2n) is 5.03. The molecule has 3 heteroatoms. The highest BCUT2D eigenvalue weighted by atomic mass is 16.2. The van der Waals surface area contributed by atoms with Gasteiger partial charge >= 0.3 is 0 Å². The van der Waals surface area contributed by atoms with Crippen molar-refractivity contribution in [1.82, 2.24) is 0 Å². The maximum atomic E-state index is 12.2. The fourth-order valence-corrected chi connectivity index (χ4v) is 1.92. The molecule has 0 saturated heterocycles. The average molecular weight is 244 g/mol. The van der Waals surface area contributed by atoms with Crippen LogP contribution in [0.2, 0.25) is 0 Å². The Balaban J connectivity index is 3.07. The van der Waals surface area contributed by atoms with Gasteiger partial charge in [0.25, 0.3) is 0 Å². The maximum Gasteiger partial charge on any atom is 0.244 e. The van der Waals surface area contributed by atoms with E-state index in [4.69, 9.17) is 5.26 Å². The molecule has 0 spiro atoms. The minimum Gasteiger partial charge on any atom is -0.324 e. The summed E-state index contributed by atoms with van der Waals surface area (Å²) in [6.45, 7) is 9.46. The van der Waals surface area contributed by atoms with Crippen LogP contribution in [0.25, 0.3) is 0 Å². The standard InChI is InChI=1S/C15H20N2O/c1-6-15(5,9-16)14(18)17-13-11(3)7-10(2)8-12(13)4/h7-8H,6H2,1-5H3,(H,17,18). The molecule has 1 aromatic rings. The molecule has 0 saturated carbocycles. The van der Waals surface area contributed by atoms with Crippen LogP contribution in [0.1, 0.15) is 37.0 Å². The van der Waals surface area contributed by atoms with E-state index in [2.05, 4.69) is 11.4 Å². The molecule has 0 aliphatic carbocycles. The van der Waals surface area contributed by atoms with Gasteiger partial charge in [0, 0.05) is 5.69 Å². The zero-order valence-electron chi connectivity index (χ0n) is 11.7. The lowest BCUT2D eigenvalue weighted by atomic mass is 9.88. The van der Waals surface area contributed by atoms with E-state index in [1.54, 1.807) is 6.92 Å². The van der Waals surface area contributed by atoms with E-state index >= 15 is 0 Å². The number of anilines is 1. The Morgan fingerprint density at radius 3 is 2.22 bits per heavy atom. The van der Waals surface area contributed by atoms with E-state index in [0.717, 1.165) is 16.8 Å². The summed E-state index contributed by atoms with van der Waals surface area (Å²) in [4.78, 5) is 12.2. The van der Waals surface area contributed by atoms with Crippen molar-refractivity contribution in [1.29, 1.82) is 5.26 Å². The van der Waals surface area contributed by atoms with Gasteiger partial charge in [0.15, 0.2) is 0 Å². The van der Waals surface area contributed by atoms with Crippen LogP contribution in [-0.2, 0) is 4.79 Å². The topological polar surface area (TPSA) is 52.9 Å². The van der Waals surface area contributed by atoms with E-state index in [-0.39, 0.29) is 5.91 Å². The number of hydrogen-bond donors (Lipinski definition) is 1. The van der Waals surface area contributed by atoms with Crippen LogP contribution in [0.5, 0.6) is 0 Å². The summed E-state index contributed by atoms with van der Waals surface area (Å²) in [5, 5.41) is 12.0. The van der Waals surface area contributed by atoms with Gasteiger partial charge in [-0.05, 0) is 45.2 Å². The molecule has 0 fully saturated rings. The molecule has 1 rings (SSSR count). The summed E-state index contributed by atoms with van der Waals surface area (Å²) in [6.07, 6.45) is 0.499. The van der Waals surface area contributed by atoms with Crippen LogP contribution >= 0.6 is 0 Å². The third-order valence-corrected chi connectivity index (χ3v) is 3.37. The average Bonchev–Trinajstić information content (AvgIpc) is 2.32. The van der Waals surface area contributed by atoms with E-state index < -0.39 is 5.41 Å². The summed E-state index contributed by atoms with van der Waals surface area (Å²) in [7, 11) is 0. The quantitative estimate of drug-likeness (QED) is 0.884. The van der Waals surface area contributed by atoms with Crippen molar-refractivity contribution < 1.29 is 4.79 Å². The molecule has 1 unspecified atom stereocenters. The Morgan fingerprint density at radius 2 is 1.83 bits per heavy atom. The van der Waals surface area contributed by atoms with Gasteiger partial charge in [0.1, 0.15) is 5.41 Å². The number of hydrogen-bond acceptors (Lipinski definition) is 2. The largest absolute Gasteiger partial charge is 0.324 e. The molecule has 0 aliphatic heterocycles. The first-order valence-corrected chi connectivity index (χ1v) is 6.14. The molecule has 18 heavy (non-hydrogen) atoms. The summed E-state index contributed by atoms with van der Waals surface area (Å²) in [6, 6.07) is 6.14. The number of nitrogens with one attached hydrogen (secondary N) is 1. The van der Waals surface area contributed by atoms with Crippen LogP contribution < -0.4 is 5.32 Å². The van der Waals surface area contributed by atoms with Crippen molar-refractivity contribution in [3.8, 4) is 6.07 Å². The van der Waals surface area contributed by atoms with Gasteiger partial charge in [-0.3, -0.25) is 4.79 Å². The predicted molar refractivity (Wildman–Crippen MR) is 73.3 cm³/mol. The molecule has 0 bridgehead atoms. The van der Waals surface area contributed by atoms with Crippen molar-refractivity contribution in [3.63, 3.8) is 0 Å². The fraction of sp³-hybridized carbons (Fsp3) is 0.467. The Labute approximate surface area is 109 Å². The summed E-state index contributed by atoms with van der Waals surface area (Å²) >= 11 is 0. The van der Waals surface area contributed by atoms with E-state index in [0.29, 0.717) is 6.42 Å². The number of nitrogens with zero attached hydrogens (tertiary/aromatic N) is 1. The monoisotopic (exact) mass is 244 g/mol. The minimum absolute atomic E-state index is 0.234. The zero-order valence-corrected chi connectivity index (χ0v) is 11.7. The molecular weight excluding hydrogens is 224 g/mol. The van der Waals surface area contributed by atoms with Gasteiger partial charge in [0.05, 0.1) is 6.07 Å². The van der Waals surface area contributed by atoms with E-state index in [1.807, 2.05) is 39.8 Å². The summed E-state index contributed by atoms with van der Waals surface area (Å²) in [5.74, 6) is -0.234. The van der Waals surface area contributed by atoms with Gasteiger partial charge in [-0.2, -0.15) is 5.26 Å². The summed E-state index contributed by atoms with van der Waals surface area (Å²) in [5.41, 5.74) is 3.07. The van der Waals surface area contributed by atoms with Crippen LogP contribution in [0, 0.1) is 37.5 Å². The van der Waals surface area contributed by atoms with E-state index in [1.165, 1.54) is 5.56 Å². The molecule has 1 aromatic carbocycles. The van der Waals surface area contributed by atoms with Crippen molar-refractivity contribution in [2.75, 3.05) is 5.32 Å². The van der Waals surface area contributed by atoms with Crippen molar-refractivity contribution in [3.05, 3.63) is 28.8 Å². The zero-order chi connectivity index (χ0) is 13.9. The van der Waals surface area contributed by atoms with Crippen molar-refractivity contribution in [2.24, 2.45) is 5.41 Å². The smallest absolute Gasteiger partial charge is 0.244 e. The number of rotatable bonds is 3. The Hall–Kier alpha value is -1.82. The molecule has 3 nitrogen and oxygen atoms in total. The first kappa shape index (κ1) is 14.2. The molecule has 0 heterocycles. The van der Waals surface area contributed by atoms with Gasteiger partial charge < -0.3 is 5.32 Å². The number of carbonyl (C=O) groups is 1. The van der Waals surface area contributed by atoms with Gasteiger partial charge in [0.2, 0.25) is 5.91 Å². The SMILES string of the molecule is CCC(C)(C#N)C(=O)Nc1c(C)cc(C)cc1C. The van der Waals surface area contributed by atoms with Gasteiger partial charge in [-0.15, -0.1) is 0 Å². The molecule has 1 atom stereocenters. The number of nitriles is 1. The highest BCUT2D eigenvalue weighted by Gasteiger charge is 2.31. The maximum absolute atomic E-state index is 12.2. The Bertz CT molecular complexity index is 491. The second-order valence-corrected chi connectivity index (χ2v) is 5.03. The first-order valence-electron chi connectivity index (χ1n) is 6.14. The number of amides is 1. The molecule has 0 aliphatic rings. The van der Waals surface area contributed by atoms with Crippen LogP contribution in [0.4, 0.5) is 5.69 Å². The highest BCUT2D eigenvalue weighted by Crippen LogP contribution is 2.26. The minimum atomic E-state index is -0.968. The first-order chi connectivity index (χ1) is 8.34. The molecular formula is C15H20N2O. The number of carbonyl (C=O) groups excluding carboxylic acids is 1. The normalized spacial score (nSPS) is 13.6. The fourth-order valence-electron chi connectivity index (χ4n) is 1.92. The highest BCUT2D eigenvalue weighted by molar-refractivity contribution is 5.98. The van der Waals surface area contributed by atoms with E-state index in [9.17, 15) is 4.79 Å². The molecule has 0 aromatic heterocycles. The Kier molecular flexibility index (Phi) is 4.13. The molecule has 0 radical (unpaired) electrons. The molecule has 96 valence electrons. The number of benzene rings is 1. The second kappa shape index (κ2) is 5.22. The van der Waals surface area contributed by atoms with Gasteiger partial charge in [-0.25, -0.2) is 0 Å². The van der Waals surface area contributed by atoms with Crippen LogP contribution in [0.3, 0.4) is 0 Å². The van der Waals surface area contributed by atoms with Crippen molar-refractivity contribution >= 4 is 11.6 Å². The molecule has 1 amide bonds. The third-order valence-electron chi connectivity index (χ3n) is 3.37. The molecule has 1 N–H and O–H groups in total. The third kappa shape index (κ3) is 2.70. The lowest BCUT2D eigenvalue weighted by Gasteiger charge is -2.20. The van der Waals surface area contributed by atoms with Crippen LogP contribution in [0.15, 0.2) is 12.1 Å². The van der Waals surface area contributed by atoms with Crippen LogP contribution in [-0.4, -0.2) is 5.91 Å². The predicted octanol–water partition coefficient (Wildman–Crippen LogP) is 3.49. The lowest BCUT2D eigenvalue weighted by Crippen LogP contribution is -2.32. The summed E-state index contributed by atoms with van der Waals surface area (Å²) < 4.78 is 0. The lowest BCUT2D eigenvalue weighted by molar-refractivity contribution is -0.122. The van der Waals surface area contributed by atoms with Crippen molar-refractivity contribution in [2.45, 2.75) is 41.0 Å². The Morgan fingerprint density at radius 1 is 1.33 bits per heavy atom. The van der Waals surface area contributed by atoms with Gasteiger partial charge in [-0.1, -0.05) is 24.6 Å². The number of aryl methyl sites for hydroxylation is 3.